The fourth-order valence-electron chi connectivity index (χ4n) is 2.64. The molecule has 0 radical (unpaired) electrons. The summed E-state index contributed by atoms with van der Waals surface area (Å²) in [5.41, 5.74) is 0.648. The molecular weight excluding hydrogens is 376 g/mol. The first-order chi connectivity index (χ1) is 13.9. The molecule has 1 aromatic heterocycles. The Kier molecular flexibility index (Phi) is 6.12. The number of tetrazole rings is 1. The van der Waals surface area contributed by atoms with E-state index in [0.29, 0.717) is 17.1 Å². The third kappa shape index (κ3) is 5.12. The van der Waals surface area contributed by atoms with Crippen molar-refractivity contribution in [2.45, 2.75) is 26.1 Å². The Labute approximate surface area is 166 Å². The lowest BCUT2D eigenvalue weighted by Crippen LogP contribution is -2.33. The standard InChI is InChI=1S/C19H20N6O4/c1-14(15-7-6-8-16(11-15)25(27)28)23(2)19(26)12-24-21-18(20-22-24)13-29-17-9-4-3-5-10-17/h3-11,14H,12-13H2,1-2H3. The van der Waals surface area contributed by atoms with Crippen LogP contribution in [0.1, 0.15) is 24.4 Å². The van der Waals surface area contributed by atoms with Crippen molar-refractivity contribution in [1.82, 2.24) is 25.1 Å². The molecule has 2 aromatic carbocycles. The van der Waals surface area contributed by atoms with Gasteiger partial charge in [0.25, 0.3) is 5.69 Å². The number of rotatable bonds is 8. The fraction of sp³-hybridized carbons (Fsp3) is 0.263. The van der Waals surface area contributed by atoms with Crippen LogP contribution in [0.25, 0.3) is 0 Å². The van der Waals surface area contributed by atoms with Crippen LogP contribution >= 0.6 is 0 Å². The molecule has 1 atom stereocenters. The van der Waals surface area contributed by atoms with Crippen molar-refractivity contribution in [2.75, 3.05) is 7.05 Å². The summed E-state index contributed by atoms with van der Waals surface area (Å²) in [7, 11) is 1.63. The van der Waals surface area contributed by atoms with Crippen LogP contribution in [-0.2, 0) is 17.9 Å². The zero-order chi connectivity index (χ0) is 20.8. The Morgan fingerprint density at radius 2 is 2.00 bits per heavy atom. The summed E-state index contributed by atoms with van der Waals surface area (Å²) in [6, 6.07) is 15.1. The normalized spacial score (nSPS) is 11.7. The van der Waals surface area contributed by atoms with E-state index < -0.39 is 4.92 Å². The zero-order valence-electron chi connectivity index (χ0n) is 16.0. The van der Waals surface area contributed by atoms with E-state index in [2.05, 4.69) is 15.4 Å². The maximum Gasteiger partial charge on any atom is 0.269 e. The van der Waals surface area contributed by atoms with E-state index >= 15 is 0 Å². The highest BCUT2D eigenvalue weighted by Gasteiger charge is 2.20. The van der Waals surface area contributed by atoms with Crippen LogP contribution in [0.5, 0.6) is 5.75 Å². The molecule has 150 valence electrons. The van der Waals surface area contributed by atoms with E-state index in [4.69, 9.17) is 4.74 Å². The number of benzene rings is 2. The molecule has 0 saturated carbocycles. The second-order valence-corrected chi connectivity index (χ2v) is 6.37. The Hall–Kier alpha value is -3.82. The van der Waals surface area contributed by atoms with Gasteiger partial charge in [-0.15, -0.1) is 10.2 Å². The number of non-ortho nitro benzene ring substituents is 1. The molecule has 1 heterocycles. The number of para-hydroxylation sites is 1. The second-order valence-electron chi connectivity index (χ2n) is 6.37. The number of likely N-dealkylation sites (N-methyl/N-ethyl adjacent to an activating group) is 1. The Morgan fingerprint density at radius 3 is 2.72 bits per heavy atom. The lowest BCUT2D eigenvalue weighted by atomic mass is 10.1. The first-order valence-corrected chi connectivity index (χ1v) is 8.88. The van der Waals surface area contributed by atoms with Crippen molar-refractivity contribution >= 4 is 11.6 Å². The number of hydrogen-bond donors (Lipinski definition) is 0. The summed E-state index contributed by atoms with van der Waals surface area (Å²) in [6.45, 7) is 1.83. The SMILES string of the molecule is CC(c1cccc([N+](=O)[O-])c1)N(C)C(=O)Cn1nnc(COc2ccccc2)n1. The van der Waals surface area contributed by atoms with Crippen molar-refractivity contribution in [3.63, 3.8) is 0 Å². The van der Waals surface area contributed by atoms with Crippen molar-refractivity contribution in [2.24, 2.45) is 0 Å². The Balaban J connectivity index is 1.59. The van der Waals surface area contributed by atoms with Gasteiger partial charge in [-0.2, -0.15) is 4.80 Å². The second kappa shape index (κ2) is 8.91. The largest absolute Gasteiger partial charge is 0.485 e. The molecule has 1 unspecified atom stereocenters. The molecule has 3 aromatic rings. The van der Waals surface area contributed by atoms with Gasteiger partial charge in [0, 0.05) is 19.2 Å². The van der Waals surface area contributed by atoms with Crippen LogP contribution in [0.2, 0.25) is 0 Å². The lowest BCUT2D eigenvalue weighted by Gasteiger charge is -2.25. The van der Waals surface area contributed by atoms with Crippen molar-refractivity contribution < 1.29 is 14.5 Å². The fourth-order valence-corrected chi connectivity index (χ4v) is 2.64. The molecule has 10 nitrogen and oxygen atoms in total. The predicted octanol–water partition coefficient (Wildman–Crippen LogP) is 2.38. The predicted molar refractivity (Wildman–Crippen MR) is 103 cm³/mol. The monoisotopic (exact) mass is 396 g/mol. The van der Waals surface area contributed by atoms with Gasteiger partial charge in [-0.25, -0.2) is 0 Å². The van der Waals surface area contributed by atoms with E-state index in [-0.39, 0.29) is 30.8 Å². The summed E-state index contributed by atoms with van der Waals surface area (Å²) in [6.07, 6.45) is 0. The summed E-state index contributed by atoms with van der Waals surface area (Å²) in [4.78, 5) is 25.7. The van der Waals surface area contributed by atoms with Crippen molar-refractivity contribution in [3.05, 3.63) is 76.1 Å². The first kappa shape index (κ1) is 19.9. The van der Waals surface area contributed by atoms with Gasteiger partial charge >= 0.3 is 0 Å². The Morgan fingerprint density at radius 1 is 1.24 bits per heavy atom. The number of aromatic nitrogens is 4. The number of hydrogen-bond acceptors (Lipinski definition) is 7. The highest BCUT2D eigenvalue weighted by molar-refractivity contribution is 5.76. The molecular formula is C19H20N6O4. The van der Waals surface area contributed by atoms with Crippen LogP contribution in [0, 0.1) is 10.1 Å². The van der Waals surface area contributed by atoms with Crippen LogP contribution in [-0.4, -0.2) is 43.0 Å². The van der Waals surface area contributed by atoms with Gasteiger partial charge < -0.3 is 9.64 Å². The quantitative estimate of drug-likeness (QED) is 0.424. The molecule has 0 aliphatic rings. The number of carbonyl (C=O) groups excluding carboxylic acids is 1. The Bertz CT molecular complexity index is 991. The summed E-state index contributed by atoms with van der Waals surface area (Å²) < 4.78 is 5.56. The molecule has 0 bridgehead atoms. The third-order valence-electron chi connectivity index (χ3n) is 4.42. The number of nitro benzene ring substituents is 1. The zero-order valence-corrected chi connectivity index (χ0v) is 16.0. The highest BCUT2D eigenvalue weighted by Crippen LogP contribution is 2.23. The molecule has 29 heavy (non-hydrogen) atoms. The van der Waals surface area contributed by atoms with Gasteiger partial charge in [-0.05, 0) is 29.8 Å². The first-order valence-electron chi connectivity index (χ1n) is 8.88. The van der Waals surface area contributed by atoms with Crippen LogP contribution in [0.4, 0.5) is 5.69 Å². The van der Waals surface area contributed by atoms with E-state index in [1.807, 2.05) is 30.3 Å². The highest BCUT2D eigenvalue weighted by atomic mass is 16.6. The minimum atomic E-state index is -0.462. The molecule has 0 saturated heterocycles. The van der Waals surface area contributed by atoms with Crippen LogP contribution in [0.3, 0.4) is 0 Å². The topological polar surface area (TPSA) is 116 Å². The molecule has 0 fully saturated rings. The van der Waals surface area contributed by atoms with Crippen molar-refractivity contribution in [3.8, 4) is 5.75 Å². The van der Waals surface area contributed by atoms with Gasteiger partial charge in [0.2, 0.25) is 11.7 Å². The average Bonchev–Trinajstić information content (AvgIpc) is 3.19. The summed E-state index contributed by atoms with van der Waals surface area (Å²) >= 11 is 0. The molecule has 1 amide bonds. The van der Waals surface area contributed by atoms with Gasteiger partial charge in [-0.3, -0.25) is 14.9 Å². The van der Waals surface area contributed by atoms with E-state index in [1.54, 1.807) is 26.1 Å². The minimum absolute atomic E-state index is 0.0174. The number of ether oxygens (including phenoxy) is 1. The van der Waals surface area contributed by atoms with E-state index in [1.165, 1.54) is 21.8 Å². The average molecular weight is 396 g/mol. The number of amides is 1. The summed E-state index contributed by atoms with van der Waals surface area (Å²) in [5, 5.41) is 22.9. The van der Waals surface area contributed by atoms with E-state index in [9.17, 15) is 14.9 Å². The van der Waals surface area contributed by atoms with Gasteiger partial charge in [0.15, 0.2) is 6.61 Å². The smallest absolute Gasteiger partial charge is 0.269 e. The van der Waals surface area contributed by atoms with Gasteiger partial charge in [0.05, 0.1) is 11.0 Å². The van der Waals surface area contributed by atoms with Gasteiger partial charge in [0.1, 0.15) is 12.3 Å². The number of carbonyl (C=O) groups is 1. The molecule has 0 aliphatic heterocycles. The van der Waals surface area contributed by atoms with Crippen molar-refractivity contribution in [1.29, 1.82) is 0 Å². The van der Waals surface area contributed by atoms with Gasteiger partial charge in [-0.1, -0.05) is 30.3 Å². The minimum Gasteiger partial charge on any atom is -0.485 e. The number of nitro groups is 1. The van der Waals surface area contributed by atoms with Crippen LogP contribution < -0.4 is 4.74 Å². The van der Waals surface area contributed by atoms with Crippen LogP contribution in [0.15, 0.2) is 54.6 Å². The molecule has 3 rings (SSSR count). The molecule has 0 spiro atoms. The maximum absolute atomic E-state index is 12.6. The van der Waals surface area contributed by atoms with E-state index in [0.717, 1.165) is 0 Å². The summed E-state index contributed by atoms with van der Waals surface area (Å²) in [5.74, 6) is 0.790. The molecule has 10 heteroatoms. The maximum atomic E-state index is 12.6. The number of nitrogens with zero attached hydrogens (tertiary/aromatic N) is 6. The lowest BCUT2D eigenvalue weighted by molar-refractivity contribution is -0.384. The molecule has 0 aliphatic carbocycles. The third-order valence-corrected chi connectivity index (χ3v) is 4.42. The molecule has 0 N–H and O–H groups in total.